The van der Waals surface area contributed by atoms with Crippen LogP contribution in [-0.2, 0) is 0 Å². The molecule has 0 unspecified atom stereocenters. The maximum atomic E-state index is 10.0. The maximum absolute atomic E-state index is 10.0. The minimum atomic E-state index is 0.184. The Morgan fingerprint density at radius 2 is 2.20 bits per heavy atom. The van der Waals surface area contributed by atoms with Gasteiger partial charge in [-0.1, -0.05) is 11.3 Å². The molecule has 0 aliphatic heterocycles. The molecule has 0 saturated heterocycles. The Kier molecular flexibility index (Phi) is 2.43. The van der Waals surface area contributed by atoms with Gasteiger partial charge in [0.1, 0.15) is 11.5 Å². The largest absolute Gasteiger partial charge is 0.507 e. The van der Waals surface area contributed by atoms with Crippen molar-refractivity contribution in [3.8, 4) is 22.1 Å². The molecule has 0 amide bonds. The van der Waals surface area contributed by atoms with Gasteiger partial charge in [-0.3, -0.25) is 0 Å². The van der Waals surface area contributed by atoms with Gasteiger partial charge in [0, 0.05) is 5.92 Å². The Balaban J connectivity index is 1.85. The predicted octanol–water partition coefficient (Wildman–Crippen LogP) is 2.44. The predicted molar refractivity (Wildman–Crippen MR) is 74.3 cm³/mol. The van der Waals surface area contributed by atoms with E-state index < -0.39 is 0 Å². The Morgan fingerprint density at radius 3 is 2.95 bits per heavy atom. The van der Waals surface area contributed by atoms with E-state index in [0.717, 1.165) is 23.6 Å². The molecule has 2 aromatic heterocycles. The van der Waals surface area contributed by atoms with Gasteiger partial charge in [-0.15, -0.1) is 10.2 Å². The molecule has 0 spiro atoms. The van der Waals surface area contributed by atoms with Crippen LogP contribution in [0, 0.1) is 0 Å². The summed E-state index contributed by atoms with van der Waals surface area (Å²) in [6.07, 6.45) is 2.30. The number of benzene rings is 1. The van der Waals surface area contributed by atoms with Crippen LogP contribution >= 0.6 is 11.3 Å². The fourth-order valence-corrected chi connectivity index (χ4v) is 3.02. The average molecular weight is 288 g/mol. The van der Waals surface area contributed by atoms with Crippen molar-refractivity contribution in [3.05, 3.63) is 24.0 Å². The van der Waals surface area contributed by atoms with E-state index in [1.165, 1.54) is 11.3 Å². The molecule has 1 fully saturated rings. The summed E-state index contributed by atoms with van der Waals surface area (Å²) < 4.78 is 6.98. The second-order valence-electron chi connectivity index (χ2n) is 4.82. The monoisotopic (exact) mass is 288 g/mol. The number of aromatic nitrogens is 4. The van der Waals surface area contributed by atoms with E-state index in [1.54, 1.807) is 29.8 Å². The van der Waals surface area contributed by atoms with Crippen molar-refractivity contribution in [2.24, 2.45) is 0 Å². The molecule has 0 atom stereocenters. The lowest BCUT2D eigenvalue weighted by Gasteiger charge is -2.03. The lowest BCUT2D eigenvalue weighted by atomic mass is 10.2. The lowest BCUT2D eigenvalue weighted by molar-refractivity contribution is 0.412. The molecular formula is C13H12N4O2S. The van der Waals surface area contributed by atoms with Gasteiger partial charge in [-0.2, -0.15) is 9.61 Å². The average Bonchev–Trinajstić information content (AvgIpc) is 3.09. The third kappa shape index (κ3) is 1.74. The standard InChI is InChI=1S/C13H12N4O2S/c1-19-8-4-5-10(18)9(6-8)12-16-17-11(7-2-3-7)14-15-13(17)20-12/h4-7,18H,2-3H2,1H3. The molecule has 1 aliphatic rings. The molecule has 20 heavy (non-hydrogen) atoms. The van der Waals surface area contributed by atoms with Crippen molar-refractivity contribution in [1.29, 1.82) is 0 Å². The Morgan fingerprint density at radius 1 is 1.35 bits per heavy atom. The minimum Gasteiger partial charge on any atom is -0.507 e. The smallest absolute Gasteiger partial charge is 0.234 e. The highest BCUT2D eigenvalue weighted by Gasteiger charge is 2.30. The van der Waals surface area contributed by atoms with Crippen molar-refractivity contribution in [2.75, 3.05) is 7.11 Å². The van der Waals surface area contributed by atoms with Crippen LogP contribution < -0.4 is 4.74 Å². The molecule has 1 aliphatic carbocycles. The van der Waals surface area contributed by atoms with Crippen molar-refractivity contribution >= 4 is 16.3 Å². The number of rotatable bonds is 3. The molecule has 1 aromatic carbocycles. The van der Waals surface area contributed by atoms with Crippen LogP contribution in [0.2, 0.25) is 0 Å². The van der Waals surface area contributed by atoms with E-state index in [0.29, 0.717) is 22.2 Å². The van der Waals surface area contributed by atoms with Gasteiger partial charge in [0.15, 0.2) is 10.8 Å². The lowest BCUT2D eigenvalue weighted by Crippen LogP contribution is -1.93. The van der Waals surface area contributed by atoms with Crippen LogP contribution in [0.1, 0.15) is 24.6 Å². The summed E-state index contributed by atoms with van der Waals surface area (Å²) in [5, 5.41) is 23.6. The van der Waals surface area contributed by atoms with Gasteiger partial charge in [0.25, 0.3) is 0 Å². The van der Waals surface area contributed by atoms with E-state index in [2.05, 4.69) is 15.3 Å². The topological polar surface area (TPSA) is 72.5 Å². The normalized spacial score (nSPS) is 14.8. The first-order valence-corrected chi connectivity index (χ1v) is 7.17. The third-order valence-electron chi connectivity index (χ3n) is 3.39. The second-order valence-corrected chi connectivity index (χ2v) is 5.77. The van der Waals surface area contributed by atoms with E-state index in [-0.39, 0.29) is 5.75 Å². The van der Waals surface area contributed by atoms with Crippen molar-refractivity contribution < 1.29 is 9.84 Å². The zero-order valence-corrected chi connectivity index (χ0v) is 11.6. The number of hydrogen-bond acceptors (Lipinski definition) is 6. The second kappa shape index (κ2) is 4.17. The molecule has 102 valence electrons. The zero-order chi connectivity index (χ0) is 13.7. The number of nitrogens with zero attached hydrogens (tertiary/aromatic N) is 4. The summed E-state index contributed by atoms with van der Waals surface area (Å²) in [6, 6.07) is 5.10. The van der Waals surface area contributed by atoms with Crippen molar-refractivity contribution in [1.82, 2.24) is 19.8 Å². The molecule has 4 rings (SSSR count). The van der Waals surface area contributed by atoms with Crippen molar-refractivity contribution in [2.45, 2.75) is 18.8 Å². The summed E-state index contributed by atoms with van der Waals surface area (Å²) in [5.74, 6) is 2.28. The van der Waals surface area contributed by atoms with E-state index in [1.807, 2.05) is 0 Å². The third-order valence-corrected chi connectivity index (χ3v) is 4.32. The quantitative estimate of drug-likeness (QED) is 0.801. The molecule has 3 aromatic rings. The molecule has 1 N–H and O–H groups in total. The summed E-state index contributed by atoms with van der Waals surface area (Å²) in [5.41, 5.74) is 0.654. The highest BCUT2D eigenvalue weighted by molar-refractivity contribution is 7.19. The molecule has 6 nitrogen and oxygen atoms in total. The number of fused-ring (bicyclic) bond motifs is 1. The Labute approximate surface area is 118 Å². The number of ether oxygens (including phenoxy) is 1. The molecule has 0 radical (unpaired) electrons. The van der Waals surface area contributed by atoms with Gasteiger partial charge in [0.05, 0.1) is 12.7 Å². The van der Waals surface area contributed by atoms with E-state index >= 15 is 0 Å². The number of phenolic OH excluding ortho intramolecular Hbond substituents is 1. The van der Waals surface area contributed by atoms with Crippen LogP contribution in [-0.4, -0.2) is 32.0 Å². The number of aromatic hydroxyl groups is 1. The van der Waals surface area contributed by atoms with Gasteiger partial charge >= 0.3 is 0 Å². The summed E-state index contributed by atoms with van der Waals surface area (Å²) in [6.45, 7) is 0. The highest BCUT2D eigenvalue weighted by Crippen LogP contribution is 2.40. The first-order valence-electron chi connectivity index (χ1n) is 6.36. The Hall–Kier alpha value is -2.15. The first kappa shape index (κ1) is 11.7. The maximum Gasteiger partial charge on any atom is 0.234 e. The number of hydrogen-bond donors (Lipinski definition) is 1. The molecule has 1 saturated carbocycles. The number of phenols is 1. The van der Waals surface area contributed by atoms with Crippen molar-refractivity contribution in [3.63, 3.8) is 0 Å². The summed E-state index contributed by atoms with van der Waals surface area (Å²) >= 11 is 1.41. The Bertz CT molecular complexity index is 791. The van der Waals surface area contributed by atoms with Gasteiger partial charge < -0.3 is 9.84 Å². The fourth-order valence-electron chi connectivity index (χ4n) is 2.15. The van der Waals surface area contributed by atoms with Crippen LogP contribution in [0.5, 0.6) is 11.5 Å². The minimum absolute atomic E-state index is 0.184. The van der Waals surface area contributed by atoms with Crippen LogP contribution in [0.25, 0.3) is 15.5 Å². The van der Waals surface area contributed by atoms with E-state index in [4.69, 9.17) is 4.74 Å². The van der Waals surface area contributed by atoms with Gasteiger partial charge in [-0.25, -0.2) is 0 Å². The molecular weight excluding hydrogens is 276 g/mol. The number of methoxy groups -OCH3 is 1. The van der Waals surface area contributed by atoms with Crippen LogP contribution in [0.3, 0.4) is 0 Å². The molecule has 0 bridgehead atoms. The van der Waals surface area contributed by atoms with Gasteiger partial charge in [-0.05, 0) is 31.0 Å². The zero-order valence-electron chi connectivity index (χ0n) is 10.8. The van der Waals surface area contributed by atoms with E-state index in [9.17, 15) is 5.11 Å². The molecule has 7 heteroatoms. The SMILES string of the molecule is COc1ccc(O)c(-c2nn3c(C4CC4)nnc3s2)c1. The van der Waals surface area contributed by atoms with Crippen LogP contribution in [0.4, 0.5) is 0 Å². The first-order chi connectivity index (χ1) is 9.76. The summed E-state index contributed by atoms with van der Waals surface area (Å²) in [4.78, 5) is 0.754. The fraction of sp³-hybridized carbons (Fsp3) is 0.308. The summed E-state index contributed by atoms with van der Waals surface area (Å²) in [7, 11) is 1.60. The van der Waals surface area contributed by atoms with Gasteiger partial charge in [0.2, 0.25) is 4.96 Å². The van der Waals surface area contributed by atoms with Crippen LogP contribution in [0.15, 0.2) is 18.2 Å². The molecule has 2 heterocycles. The highest BCUT2D eigenvalue weighted by atomic mass is 32.1.